The summed E-state index contributed by atoms with van der Waals surface area (Å²) in [5.41, 5.74) is 0.480. The van der Waals surface area contributed by atoms with Gasteiger partial charge in [-0.3, -0.25) is 4.79 Å². The second kappa shape index (κ2) is 2.73. The van der Waals surface area contributed by atoms with Crippen molar-refractivity contribution in [1.29, 1.82) is 0 Å². The van der Waals surface area contributed by atoms with E-state index in [1.165, 1.54) is 12.8 Å². The maximum Gasteiger partial charge on any atom is 0.201 e. The molecule has 0 aromatic rings. The van der Waals surface area contributed by atoms with E-state index in [1.807, 2.05) is 0 Å². The Bertz CT molecular complexity index is 117. The fourth-order valence-corrected chi connectivity index (χ4v) is 1.52. The molecular weight excluding hydrogens is 124 g/mol. The fourth-order valence-electron chi connectivity index (χ4n) is 1.52. The van der Waals surface area contributed by atoms with Gasteiger partial charge in [-0.25, -0.2) is 0 Å². The van der Waals surface area contributed by atoms with Crippen LogP contribution in [0.25, 0.3) is 0 Å². The lowest BCUT2D eigenvalue weighted by Crippen LogP contribution is -2.21. The number of carbonyl (C=O) groups excluding carboxylic acids is 1. The maximum absolute atomic E-state index is 10.2. The molecule has 0 aromatic carbocycles. The number of hydrogen-bond donors (Lipinski definition) is 0. The van der Waals surface area contributed by atoms with Crippen LogP contribution >= 0.6 is 0 Å². The summed E-state index contributed by atoms with van der Waals surface area (Å²) in [7, 11) is 0. The van der Waals surface area contributed by atoms with E-state index in [9.17, 15) is 4.79 Å². The molecule has 0 heterocycles. The predicted octanol–water partition coefficient (Wildman–Crippen LogP) is 2.31. The van der Waals surface area contributed by atoms with Crippen LogP contribution < -0.4 is 0 Å². The smallest absolute Gasteiger partial charge is 0.201 e. The van der Waals surface area contributed by atoms with Gasteiger partial charge < -0.3 is 0 Å². The van der Waals surface area contributed by atoms with E-state index in [-0.39, 0.29) is 5.92 Å². The van der Waals surface area contributed by atoms with Crippen molar-refractivity contribution in [3.63, 3.8) is 0 Å². The maximum atomic E-state index is 10.2. The Morgan fingerprint density at radius 3 is 2.20 bits per heavy atom. The lowest BCUT2D eigenvalue weighted by molar-refractivity contribution is 0.219. The highest BCUT2D eigenvalue weighted by Crippen LogP contribution is 2.36. The van der Waals surface area contributed by atoms with Gasteiger partial charge in [0, 0.05) is 5.92 Å². The largest absolute Gasteiger partial charge is 0.291 e. The van der Waals surface area contributed by atoms with Gasteiger partial charge in [0.15, 0.2) is 0 Å². The Morgan fingerprint density at radius 1 is 1.30 bits per heavy atom. The van der Waals surface area contributed by atoms with Crippen LogP contribution in [-0.2, 0) is 4.79 Å². The highest BCUT2D eigenvalue weighted by Gasteiger charge is 2.26. The minimum atomic E-state index is 0.244. The Labute approximate surface area is 62.8 Å². The van der Waals surface area contributed by atoms with E-state index in [4.69, 9.17) is 0 Å². The van der Waals surface area contributed by atoms with E-state index < -0.39 is 0 Å². The summed E-state index contributed by atoms with van der Waals surface area (Å²) in [6.45, 7) is 4.54. The minimum absolute atomic E-state index is 0.244. The first-order valence-corrected chi connectivity index (χ1v) is 4.02. The van der Waals surface area contributed by atoms with Crippen molar-refractivity contribution in [3.05, 3.63) is 0 Å². The third-order valence-electron chi connectivity index (χ3n) is 2.51. The van der Waals surface area contributed by atoms with Gasteiger partial charge in [-0.15, -0.1) is 0 Å². The van der Waals surface area contributed by atoms with Crippen molar-refractivity contribution in [3.8, 4) is 0 Å². The Balaban J connectivity index is 2.38. The van der Waals surface area contributed by atoms with Gasteiger partial charge in [-0.1, -0.05) is 13.8 Å². The summed E-state index contributed by atoms with van der Waals surface area (Å²) < 4.78 is 0. The van der Waals surface area contributed by atoms with E-state index >= 15 is 0 Å². The van der Waals surface area contributed by atoms with E-state index in [0.717, 1.165) is 12.8 Å². The molecule has 1 aliphatic carbocycles. The molecule has 0 N–H and O–H groups in total. The van der Waals surface area contributed by atoms with Crippen molar-refractivity contribution in [1.82, 2.24) is 0 Å². The lowest BCUT2D eigenvalue weighted by Gasteiger charge is -2.31. The number of rotatable bonds is 1. The predicted molar refractivity (Wildman–Crippen MR) is 41.4 cm³/mol. The normalized spacial score (nSPS) is 26.2. The molecule has 0 spiro atoms. The molecule has 10 heavy (non-hydrogen) atoms. The van der Waals surface area contributed by atoms with Crippen LogP contribution in [0.5, 0.6) is 0 Å². The third-order valence-corrected chi connectivity index (χ3v) is 2.51. The van der Waals surface area contributed by atoms with E-state index in [0.29, 0.717) is 5.41 Å². The van der Waals surface area contributed by atoms with Crippen molar-refractivity contribution in [2.75, 3.05) is 0 Å². The van der Waals surface area contributed by atoms with Crippen molar-refractivity contribution in [2.24, 2.45) is 11.3 Å². The molecule has 1 aliphatic rings. The quantitative estimate of drug-likeness (QED) is 0.545. The molecule has 1 rings (SSSR count). The Morgan fingerprint density at radius 2 is 1.80 bits per heavy atom. The highest BCUT2D eigenvalue weighted by molar-refractivity contribution is 5.54. The zero-order chi connectivity index (χ0) is 7.61. The molecule has 0 bridgehead atoms. The highest BCUT2D eigenvalue weighted by atomic mass is 16.1. The molecule has 57 valence electrons. The monoisotopic (exact) mass is 139 g/mol. The standard InChI is InChI=1S/C9H15O/c1-9(2)5-3-8(7-10)4-6-9/h8H,3-6H2,1-2H3. The van der Waals surface area contributed by atoms with Gasteiger partial charge in [-0.05, 0) is 31.1 Å². The Kier molecular flexibility index (Phi) is 2.12. The summed E-state index contributed by atoms with van der Waals surface area (Å²) in [6, 6.07) is 0. The van der Waals surface area contributed by atoms with Crippen molar-refractivity contribution >= 4 is 6.29 Å². The Hall–Kier alpha value is -0.330. The van der Waals surface area contributed by atoms with Gasteiger partial charge in [0.05, 0.1) is 0 Å². The molecule has 1 radical (unpaired) electrons. The summed E-state index contributed by atoms with van der Waals surface area (Å²) in [5, 5.41) is 0. The summed E-state index contributed by atoms with van der Waals surface area (Å²) in [6.07, 6.45) is 6.57. The number of hydrogen-bond acceptors (Lipinski definition) is 1. The molecule has 0 amide bonds. The fraction of sp³-hybridized carbons (Fsp3) is 0.889. The topological polar surface area (TPSA) is 17.1 Å². The SMILES string of the molecule is CC1(C)CCC([C]=O)CC1. The molecule has 0 aromatic heterocycles. The molecule has 1 heteroatoms. The van der Waals surface area contributed by atoms with Gasteiger partial charge >= 0.3 is 0 Å². The van der Waals surface area contributed by atoms with Crippen LogP contribution in [0, 0.1) is 11.3 Å². The minimum Gasteiger partial charge on any atom is -0.291 e. The molecular formula is C9H15O. The van der Waals surface area contributed by atoms with Crippen molar-refractivity contribution in [2.45, 2.75) is 39.5 Å². The van der Waals surface area contributed by atoms with Crippen molar-refractivity contribution < 1.29 is 4.79 Å². The first-order valence-electron chi connectivity index (χ1n) is 4.02. The zero-order valence-corrected chi connectivity index (χ0v) is 6.81. The van der Waals surface area contributed by atoms with E-state index in [1.54, 1.807) is 0 Å². The average molecular weight is 139 g/mol. The molecule has 1 saturated carbocycles. The average Bonchev–Trinajstić information content (AvgIpc) is 1.88. The summed E-state index contributed by atoms with van der Waals surface area (Å²) in [5.74, 6) is 0.244. The summed E-state index contributed by atoms with van der Waals surface area (Å²) in [4.78, 5) is 10.2. The molecule has 0 unspecified atom stereocenters. The first-order chi connectivity index (χ1) is 4.64. The summed E-state index contributed by atoms with van der Waals surface area (Å²) >= 11 is 0. The van der Waals surface area contributed by atoms with Crippen LogP contribution in [0.2, 0.25) is 0 Å². The molecule has 0 aliphatic heterocycles. The first kappa shape index (κ1) is 7.77. The van der Waals surface area contributed by atoms with Crippen LogP contribution in [-0.4, -0.2) is 6.29 Å². The molecule has 1 nitrogen and oxygen atoms in total. The molecule has 1 fully saturated rings. The second-order valence-electron chi connectivity index (χ2n) is 4.06. The molecule has 0 saturated heterocycles. The third kappa shape index (κ3) is 1.83. The van der Waals surface area contributed by atoms with Crippen LogP contribution in [0.3, 0.4) is 0 Å². The zero-order valence-electron chi connectivity index (χ0n) is 6.81. The van der Waals surface area contributed by atoms with Crippen LogP contribution in [0.4, 0.5) is 0 Å². The lowest BCUT2D eigenvalue weighted by atomic mass is 9.74. The van der Waals surface area contributed by atoms with Crippen LogP contribution in [0.1, 0.15) is 39.5 Å². The van der Waals surface area contributed by atoms with Crippen LogP contribution in [0.15, 0.2) is 0 Å². The van der Waals surface area contributed by atoms with Gasteiger partial charge in [0.1, 0.15) is 0 Å². The van der Waals surface area contributed by atoms with Gasteiger partial charge in [-0.2, -0.15) is 0 Å². The second-order valence-corrected chi connectivity index (χ2v) is 4.06. The van der Waals surface area contributed by atoms with Gasteiger partial charge in [0.25, 0.3) is 0 Å². The van der Waals surface area contributed by atoms with E-state index in [2.05, 4.69) is 20.1 Å². The van der Waals surface area contributed by atoms with Gasteiger partial charge in [0.2, 0.25) is 6.29 Å². The molecule has 0 atom stereocenters.